The largest absolute Gasteiger partial charge is 0.465 e. The molecule has 0 bridgehead atoms. The Kier molecular flexibility index (Phi) is 4.21. The number of nitrogens with zero attached hydrogens (tertiary/aromatic N) is 1. The van der Waals surface area contributed by atoms with E-state index >= 15 is 0 Å². The molecular formula is C13H13BrN2O3. The lowest BCUT2D eigenvalue weighted by Crippen LogP contribution is -2.40. The van der Waals surface area contributed by atoms with Crippen molar-refractivity contribution < 1.29 is 14.7 Å². The van der Waals surface area contributed by atoms with Crippen LogP contribution in [0.3, 0.4) is 0 Å². The molecule has 0 fully saturated rings. The SMILES string of the molecule is O=C(Nc1ccccc1Br)C1C=CCN(C(=O)O)C1. The van der Waals surface area contributed by atoms with E-state index in [1.54, 1.807) is 18.2 Å². The van der Waals surface area contributed by atoms with Crippen LogP contribution in [0, 0.1) is 5.92 Å². The van der Waals surface area contributed by atoms with Gasteiger partial charge >= 0.3 is 6.09 Å². The second-order valence-corrected chi connectivity index (χ2v) is 5.05. The van der Waals surface area contributed by atoms with Gasteiger partial charge in [0.15, 0.2) is 0 Å². The molecule has 0 aromatic heterocycles. The minimum absolute atomic E-state index is 0.183. The Morgan fingerprint density at radius 2 is 2.11 bits per heavy atom. The van der Waals surface area contributed by atoms with Crippen LogP contribution < -0.4 is 5.32 Å². The van der Waals surface area contributed by atoms with Crippen LogP contribution in [0.5, 0.6) is 0 Å². The molecule has 1 aliphatic rings. The zero-order chi connectivity index (χ0) is 13.8. The van der Waals surface area contributed by atoms with Crippen LogP contribution in [0.2, 0.25) is 0 Å². The Hall–Kier alpha value is -1.82. The van der Waals surface area contributed by atoms with Gasteiger partial charge in [0.25, 0.3) is 0 Å². The molecule has 0 spiro atoms. The van der Waals surface area contributed by atoms with Crippen molar-refractivity contribution in [1.82, 2.24) is 4.90 Å². The third kappa shape index (κ3) is 3.35. The Bertz CT molecular complexity index is 530. The van der Waals surface area contributed by atoms with Crippen molar-refractivity contribution in [1.29, 1.82) is 0 Å². The van der Waals surface area contributed by atoms with Gasteiger partial charge in [0.05, 0.1) is 11.6 Å². The summed E-state index contributed by atoms with van der Waals surface area (Å²) in [5.41, 5.74) is 0.674. The fourth-order valence-electron chi connectivity index (χ4n) is 1.84. The van der Waals surface area contributed by atoms with Gasteiger partial charge in [-0.05, 0) is 28.1 Å². The Morgan fingerprint density at radius 1 is 1.37 bits per heavy atom. The van der Waals surface area contributed by atoms with E-state index in [0.29, 0.717) is 12.2 Å². The van der Waals surface area contributed by atoms with E-state index in [4.69, 9.17) is 5.11 Å². The molecule has 1 aromatic rings. The minimum Gasteiger partial charge on any atom is -0.465 e. The number of benzene rings is 1. The van der Waals surface area contributed by atoms with E-state index in [1.165, 1.54) is 4.90 Å². The number of nitrogens with one attached hydrogen (secondary N) is 1. The summed E-state index contributed by atoms with van der Waals surface area (Å²) in [6.07, 6.45) is 2.43. The summed E-state index contributed by atoms with van der Waals surface area (Å²) in [5.74, 6) is -0.675. The summed E-state index contributed by atoms with van der Waals surface area (Å²) in [5, 5.41) is 11.7. The van der Waals surface area contributed by atoms with Gasteiger partial charge in [-0.2, -0.15) is 0 Å². The summed E-state index contributed by atoms with van der Waals surface area (Å²) in [6.45, 7) is 0.510. The van der Waals surface area contributed by atoms with E-state index in [-0.39, 0.29) is 12.5 Å². The third-order valence-corrected chi connectivity index (χ3v) is 3.54. The Labute approximate surface area is 119 Å². The molecular weight excluding hydrogens is 312 g/mol. The van der Waals surface area contributed by atoms with Crippen LogP contribution in [0.1, 0.15) is 0 Å². The van der Waals surface area contributed by atoms with Crippen molar-refractivity contribution >= 4 is 33.6 Å². The van der Waals surface area contributed by atoms with E-state index in [2.05, 4.69) is 21.2 Å². The molecule has 0 radical (unpaired) electrons. The number of halogens is 1. The van der Waals surface area contributed by atoms with Crippen LogP contribution in [0.25, 0.3) is 0 Å². The summed E-state index contributed by atoms with van der Waals surface area (Å²) in [7, 11) is 0. The topological polar surface area (TPSA) is 69.6 Å². The molecule has 1 aromatic carbocycles. The normalized spacial score (nSPS) is 18.2. The number of para-hydroxylation sites is 1. The zero-order valence-corrected chi connectivity index (χ0v) is 11.6. The first kappa shape index (κ1) is 13.6. The summed E-state index contributed by atoms with van der Waals surface area (Å²) >= 11 is 3.35. The van der Waals surface area contributed by atoms with Gasteiger partial charge < -0.3 is 15.3 Å². The smallest absolute Gasteiger partial charge is 0.407 e. The molecule has 19 heavy (non-hydrogen) atoms. The van der Waals surface area contributed by atoms with Crippen LogP contribution in [-0.4, -0.2) is 35.1 Å². The lowest BCUT2D eigenvalue weighted by molar-refractivity contribution is -0.119. The zero-order valence-electron chi connectivity index (χ0n) is 10.0. The van der Waals surface area contributed by atoms with Gasteiger partial charge in [-0.1, -0.05) is 24.3 Å². The maximum Gasteiger partial charge on any atom is 0.407 e. The number of carbonyl (C=O) groups excluding carboxylic acids is 1. The number of hydrogen-bond acceptors (Lipinski definition) is 2. The van der Waals surface area contributed by atoms with Crippen molar-refractivity contribution in [3.05, 3.63) is 40.9 Å². The molecule has 2 rings (SSSR count). The summed E-state index contributed by atoms with van der Waals surface area (Å²) in [6, 6.07) is 7.28. The highest BCUT2D eigenvalue weighted by atomic mass is 79.9. The molecule has 6 heteroatoms. The molecule has 1 aliphatic heterocycles. The van der Waals surface area contributed by atoms with E-state index < -0.39 is 12.0 Å². The molecule has 100 valence electrons. The number of carbonyl (C=O) groups is 2. The molecule has 0 saturated carbocycles. The number of hydrogen-bond donors (Lipinski definition) is 2. The maximum atomic E-state index is 12.1. The molecule has 2 amide bonds. The van der Waals surface area contributed by atoms with Gasteiger partial charge in [0.1, 0.15) is 0 Å². The number of anilines is 1. The van der Waals surface area contributed by atoms with E-state index in [1.807, 2.05) is 18.2 Å². The van der Waals surface area contributed by atoms with Gasteiger partial charge in [-0.25, -0.2) is 4.79 Å². The first-order chi connectivity index (χ1) is 9.08. The lowest BCUT2D eigenvalue weighted by atomic mass is 10.0. The van der Waals surface area contributed by atoms with E-state index in [0.717, 1.165) is 4.47 Å². The maximum absolute atomic E-state index is 12.1. The minimum atomic E-state index is -1.01. The molecule has 0 aliphatic carbocycles. The second-order valence-electron chi connectivity index (χ2n) is 4.19. The molecule has 0 saturated heterocycles. The Balaban J connectivity index is 2.05. The number of carboxylic acid groups (broad SMARTS) is 1. The molecule has 2 N–H and O–H groups in total. The average molecular weight is 325 g/mol. The average Bonchev–Trinajstić information content (AvgIpc) is 2.41. The van der Waals surface area contributed by atoms with Gasteiger partial charge in [0, 0.05) is 17.6 Å². The van der Waals surface area contributed by atoms with Gasteiger partial charge in [0.2, 0.25) is 5.91 Å². The first-order valence-electron chi connectivity index (χ1n) is 5.78. The summed E-state index contributed by atoms with van der Waals surface area (Å²) in [4.78, 5) is 24.2. The molecule has 1 atom stereocenters. The summed E-state index contributed by atoms with van der Waals surface area (Å²) < 4.78 is 0.790. The first-order valence-corrected chi connectivity index (χ1v) is 6.57. The monoisotopic (exact) mass is 324 g/mol. The highest BCUT2D eigenvalue weighted by Crippen LogP contribution is 2.22. The van der Waals surface area contributed by atoms with Crippen LogP contribution in [0.15, 0.2) is 40.9 Å². The van der Waals surface area contributed by atoms with Gasteiger partial charge in [-0.3, -0.25) is 4.79 Å². The fraction of sp³-hybridized carbons (Fsp3) is 0.231. The van der Waals surface area contributed by atoms with Crippen LogP contribution in [-0.2, 0) is 4.79 Å². The fourth-order valence-corrected chi connectivity index (χ4v) is 2.22. The third-order valence-electron chi connectivity index (χ3n) is 2.85. The number of amides is 2. The standard InChI is InChI=1S/C13H13BrN2O3/c14-10-5-1-2-6-11(10)15-12(17)9-4-3-7-16(8-9)13(18)19/h1-6,9H,7-8H2,(H,15,17)(H,18,19). The van der Waals surface area contributed by atoms with Crippen LogP contribution >= 0.6 is 15.9 Å². The van der Waals surface area contributed by atoms with E-state index in [9.17, 15) is 9.59 Å². The van der Waals surface area contributed by atoms with Crippen molar-refractivity contribution in [2.75, 3.05) is 18.4 Å². The van der Waals surface area contributed by atoms with Crippen molar-refractivity contribution in [2.45, 2.75) is 0 Å². The van der Waals surface area contributed by atoms with Gasteiger partial charge in [-0.15, -0.1) is 0 Å². The Morgan fingerprint density at radius 3 is 2.79 bits per heavy atom. The number of rotatable bonds is 2. The lowest BCUT2D eigenvalue weighted by Gasteiger charge is -2.25. The highest BCUT2D eigenvalue weighted by molar-refractivity contribution is 9.10. The molecule has 5 nitrogen and oxygen atoms in total. The molecule has 1 unspecified atom stereocenters. The van der Waals surface area contributed by atoms with Crippen LogP contribution in [0.4, 0.5) is 10.5 Å². The van der Waals surface area contributed by atoms with Crippen molar-refractivity contribution in [2.24, 2.45) is 5.92 Å². The highest BCUT2D eigenvalue weighted by Gasteiger charge is 2.24. The predicted molar refractivity (Wildman–Crippen MR) is 75.0 cm³/mol. The quantitative estimate of drug-likeness (QED) is 0.821. The predicted octanol–water partition coefficient (Wildman–Crippen LogP) is 2.55. The van der Waals surface area contributed by atoms with Crippen molar-refractivity contribution in [3.8, 4) is 0 Å². The molecule has 1 heterocycles. The van der Waals surface area contributed by atoms with Crippen molar-refractivity contribution in [3.63, 3.8) is 0 Å². The second kappa shape index (κ2) is 5.88.